The van der Waals surface area contributed by atoms with Crippen molar-refractivity contribution >= 4 is 23.6 Å². The Morgan fingerprint density at radius 2 is 1.79 bits per heavy atom. The third-order valence-electron chi connectivity index (χ3n) is 3.56. The average molecular weight is 323 g/mol. The van der Waals surface area contributed by atoms with Gasteiger partial charge in [-0.1, -0.05) is 18.2 Å². The van der Waals surface area contributed by atoms with Crippen LogP contribution < -0.4 is 5.32 Å². The smallest absolute Gasteiger partial charge is 0.255 e. The van der Waals surface area contributed by atoms with E-state index >= 15 is 0 Å². The van der Waals surface area contributed by atoms with Gasteiger partial charge in [0.25, 0.3) is 5.91 Å². The van der Waals surface area contributed by atoms with Crippen LogP contribution in [0.25, 0.3) is 6.08 Å². The van der Waals surface area contributed by atoms with Gasteiger partial charge in [0.05, 0.1) is 16.9 Å². The maximum Gasteiger partial charge on any atom is 0.255 e. The van der Waals surface area contributed by atoms with E-state index in [1.807, 2.05) is 32.0 Å². The molecular weight excluding hydrogens is 302 g/mol. The van der Waals surface area contributed by atoms with E-state index in [1.54, 1.807) is 41.4 Å². The lowest BCUT2D eigenvalue weighted by atomic mass is 10.1. The molecule has 0 aliphatic rings. The third-order valence-corrected chi connectivity index (χ3v) is 3.56. The second kappa shape index (κ2) is 8.62. The highest BCUT2D eigenvalue weighted by molar-refractivity contribution is 6.07. The molecule has 5 heteroatoms. The Morgan fingerprint density at radius 3 is 2.46 bits per heavy atom. The van der Waals surface area contributed by atoms with Crippen LogP contribution in [0, 0.1) is 0 Å². The van der Waals surface area contributed by atoms with Gasteiger partial charge in [-0.25, -0.2) is 0 Å². The summed E-state index contributed by atoms with van der Waals surface area (Å²) in [6.07, 6.45) is 4.70. The summed E-state index contributed by atoms with van der Waals surface area (Å²) in [5, 5.41) is 2.76. The minimum Gasteiger partial charge on any atom is -0.339 e. The van der Waals surface area contributed by atoms with Gasteiger partial charge in [-0.05, 0) is 44.2 Å². The summed E-state index contributed by atoms with van der Waals surface area (Å²) < 4.78 is 0. The molecular formula is C19H21N3O2. The first-order valence-corrected chi connectivity index (χ1v) is 7.94. The van der Waals surface area contributed by atoms with Gasteiger partial charge in [0, 0.05) is 25.4 Å². The minimum atomic E-state index is -0.305. The summed E-state index contributed by atoms with van der Waals surface area (Å²) in [5.74, 6) is -0.398. The van der Waals surface area contributed by atoms with Gasteiger partial charge in [-0.3, -0.25) is 14.6 Å². The SMILES string of the molecule is CCN(CC)C(=O)c1ccccc1NC(=O)/C=C/c1ccccn1. The number of pyridine rings is 1. The molecule has 2 aromatic rings. The van der Waals surface area contributed by atoms with Crippen molar-refractivity contribution in [1.29, 1.82) is 0 Å². The highest BCUT2D eigenvalue weighted by Crippen LogP contribution is 2.17. The standard InChI is InChI=1S/C19H21N3O2/c1-3-22(4-2)19(24)16-10-5-6-11-17(16)21-18(23)13-12-15-9-7-8-14-20-15/h5-14H,3-4H2,1-2H3,(H,21,23)/b13-12+. The van der Waals surface area contributed by atoms with E-state index in [0.717, 1.165) is 0 Å². The first kappa shape index (κ1) is 17.4. The molecule has 0 atom stereocenters. The van der Waals surface area contributed by atoms with Crippen LogP contribution >= 0.6 is 0 Å². The first-order valence-electron chi connectivity index (χ1n) is 7.94. The van der Waals surface area contributed by atoms with Crippen LogP contribution in [0.2, 0.25) is 0 Å². The Hall–Kier alpha value is -2.95. The quantitative estimate of drug-likeness (QED) is 0.830. The van der Waals surface area contributed by atoms with Crippen molar-refractivity contribution in [3.05, 3.63) is 66.0 Å². The van der Waals surface area contributed by atoms with Crippen molar-refractivity contribution in [1.82, 2.24) is 9.88 Å². The number of aromatic nitrogens is 1. The molecule has 0 bridgehead atoms. The molecule has 24 heavy (non-hydrogen) atoms. The fraction of sp³-hybridized carbons (Fsp3) is 0.211. The number of carbonyl (C=O) groups excluding carboxylic acids is 2. The summed E-state index contributed by atoms with van der Waals surface area (Å²) in [7, 11) is 0. The van der Waals surface area contributed by atoms with Crippen LogP contribution in [0.3, 0.4) is 0 Å². The van der Waals surface area contributed by atoms with Gasteiger partial charge in [0.15, 0.2) is 0 Å². The van der Waals surface area contributed by atoms with E-state index in [4.69, 9.17) is 0 Å². The zero-order chi connectivity index (χ0) is 17.4. The number of carbonyl (C=O) groups is 2. The van der Waals surface area contributed by atoms with Crippen molar-refractivity contribution in [2.45, 2.75) is 13.8 Å². The fourth-order valence-corrected chi connectivity index (χ4v) is 2.27. The summed E-state index contributed by atoms with van der Waals surface area (Å²) >= 11 is 0. The topological polar surface area (TPSA) is 62.3 Å². The van der Waals surface area contributed by atoms with Crippen LogP contribution in [0.15, 0.2) is 54.7 Å². The van der Waals surface area contributed by atoms with Crippen molar-refractivity contribution in [2.75, 3.05) is 18.4 Å². The number of nitrogens with zero attached hydrogens (tertiary/aromatic N) is 2. The van der Waals surface area contributed by atoms with E-state index in [1.165, 1.54) is 6.08 Å². The second-order valence-electron chi connectivity index (χ2n) is 5.10. The number of hydrogen-bond donors (Lipinski definition) is 1. The lowest BCUT2D eigenvalue weighted by molar-refractivity contribution is -0.111. The molecule has 0 aliphatic heterocycles. The molecule has 0 fully saturated rings. The highest BCUT2D eigenvalue weighted by atomic mass is 16.2. The summed E-state index contributed by atoms with van der Waals surface area (Å²) in [4.78, 5) is 30.5. The molecule has 0 unspecified atom stereocenters. The number of rotatable bonds is 6. The molecule has 5 nitrogen and oxygen atoms in total. The predicted octanol–water partition coefficient (Wildman–Crippen LogP) is 3.22. The zero-order valence-electron chi connectivity index (χ0n) is 13.9. The molecule has 1 aromatic carbocycles. The van der Waals surface area contributed by atoms with E-state index < -0.39 is 0 Å². The number of hydrogen-bond acceptors (Lipinski definition) is 3. The van der Waals surface area contributed by atoms with Gasteiger partial charge < -0.3 is 10.2 Å². The number of benzene rings is 1. The summed E-state index contributed by atoms with van der Waals surface area (Å²) in [5.41, 5.74) is 1.69. The lowest BCUT2D eigenvalue weighted by Gasteiger charge is -2.20. The maximum absolute atomic E-state index is 12.5. The molecule has 124 valence electrons. The Balaban J connectivity index is 2.14. The van der Waals surface area contributed by atoms with Crippen LogP contribution in [0.4, 0.5) is 5.69 Å². The molecule has 1 heterocycles. The monoisotopic (exact) mass is 323 g/mol. The van der Waals surface area contributed by atoms with Crippen LogP contribution in [-0.2, 0) is 4.79 Å². The first-order chi connectivity index (χ1) is 11.7. The molecule has 1 N–H and O–H groups in total. The third kappa shape index (κ3) is 4.52. The van der Waals surface area contributed by atoms with Gasteiger partial charge >= 0.3 is 0 Å². The molecule has 2 rings (SSSR count). The Bertz CT molecular complexity index is 722. The van der Waals surface area contributed by atoms with E-state index in [-0.39, 0.29) is 11.8 Å². The van der Waals surface area contributed by atoms with Crippen LogP contribution in [0.1, 0.15) is 29.9 Å². The largest absolute Gasteiger partial charge is 0.339 e. The Labute approximate surface area is 142 Å². The minimum absolute atomic E-state index is 0.0930. The van der Waals surface area contributed by atoms with Gasteiger partial charge in [-0.2, -0.15) is 0 Å². The second-order valence-corrected chi connectivity index (χ2v) is 5.10. The molecule has 0 spiro atoms. The normalized spacial score (nSPS) is 10.6. The molecule has 0 radical (unpaired) electrons. The van der Waals surface area contributed by atoms with Gasteiger partial charge in [0.2, 0.25) is 5.91 Å². The Morgan fingerprint density at radius 1 is 1.08 bits per heavy atom. The Kier molecular flexibility index (Phi) is 6.25. The van der Waals surface area contributed by atoms with Crippen LogP contribution in [-0.4, -0.2) is 34.8 Å². The summed E-state index contributed by atoms with van der Waals surface area (Å²) in [6, 6.07) is 12.5. The fourth-order valence-electron chi connectivity index (χ4n) is 2.27. The highest BCUT2D eigenvalue weighted by Gasteiger charge is 2.16. The van der Waals surface area contributed by atoms with Gasteiger partial charge in [-0.15, -0.1) is 0 Å². The van der Waals surface area contributed by atoms with Crippen LogP contribution in [0.5, 0.6) is 0 Å². The predicted molar refractivity (Wildman–Crippen MR) is 95.6 cm³/mol. The molecule has 0 aliphatic carbocycles. The number of para-hydroxylation sites is 1. The maximum atomic E-state index is 12.5. The molecule has 0 saturated heterocycles. The van der Waals surface area contributed by atoms with Crippen molar-refractivity contribution in [3.8, 4) is 0 Å². The van der Waals surface area contributed by atoms with E-state index in [0.29, 0.717) is 30.0 Å². The number of amides is 2. The number of anilines is 1. The number of nitrogens with one attached hydrogen (secondary N) is 1. The average Bonchev–Trinajstić information content (AvgIpc) is 2.62. The molecule has 0 saturated carbocycles. The van der Waals surface area contributed by atoms with Gasteiger partial charge in [0.1, 0.15) is 0 Å². The van der Waals surface area contributed by atoms with Crippen molar-refractivity contribution in [2.24, 2.45) is 0 Å². The zero-order valence-corrected chi connectivity index (χ0v) is 13.9. The van der Waals surface area contributed by atoms with Crippen molar-refractivity contribution < 1.29 is 9.59 Å². The van der Waals surface area contributed by atoms with E-state index in [2.05, 4.69) is 10.3 Å². The molecule has 1 aromatic heterocycles. The lowest BCUT2D eigenvalue weighted by Crippen LogP contribution is -2.31. The molecule has 2 amide bonds. The van der Waals surface area contributed by atoms with E-state index in [9.17, 15) is 9.59 Å². The summed E-state index contributed by atoms with van der Waals surface area (Å²) in [6.45, 7) is 5.10. The van der Waals surface area contributed by atoms with Crippen molar-refractivity contribution in [3.63, 3.8) is 0 Å².